The maximum atomic E-state index is 10.2. The van der Waals surface area contributed by atoms with Gasteiger partial charge in [0, 0.05) is 11.8 Å². The molecule has 1 heterocycles. The van der Waals surface area contributed by atoms with Crippen molar-refractivity contribution >= 4 is 23.0 Å². The molecule has 3 nitrogen and oxygen atoms in total. The van der Waals surface area contributed by atoms with Crippen LogP contribution in [0.4, 0.5) is 4.79 Å². The van der Waals surface area contributed by atoms with Crippen LogP contribution in [-0.2, 0) is 9.53 Å². The highest BCUT2D eigenvalue weighted by molar-refractivity contribution is 8.17. The van der Waals surface area contributed by atoms with Gasteiger partial charge in [-0.1, -0.05) is 6.58 Å². The normalized spacial score (nSPS) is 19.2. The average molecular weight is 130 g/mol. The van der Waals surface area contributed by atoms with Crippen LogP contribution < -0.4 is 0 Å². The Hall–Kier alpha value is -0.770. The molecule has 0 aromatic rings. The van der Waals surface area contributed by atoms with Crippen molar-refractivity contribution in [1.82, 2.24) is 0 Å². The molecule has 0 unspecified atom stereocenters. The summed E-state index contributed by atoms with van der Waals surface area (Å²) < 4.78 is 4.06. The first-order valence-corrected chi connectivity index (χ1v) is 2.64. The van der Waals surface area contributed by atoms with E-state index in [4.69, 9.17) is 0 Å². The van der Waals surface area contributed by atoms with Crippen LogP contribution >= 0.6 is 11.8 Å². The van der Waals surface area contributed by atoms with Crippen LogP contribution in [0.25, 0.3) is 0 Å². The molecule has 1 aliphatic rings. The van der Waals surface area contributed by atoms with E-state index in [9.17, 15) is 9.59 Å². The highest BCUT2D eigenvalue weighted by Gasteiger charge is 2.25. The fourth-order valence-electron chi connectivity index (χ4n) is 0.296. The minimum absolute atomic E-state index is 0.162. The number of carbonyl (C=O) groups is 2. The van der Waals surface area contributed by atoms with Crippen LogP contribution in [0.3, 0.4) is 0 Å². The van der Waals surface area contributed by atoms with Crippen LogP contribution in [0.5, 0.6) is 0 Å². The molecule has 0 spiro atoms. The number of carbonyl (C=O) groups excluding carboxylic acids is 2. The number of hydrogen-bond acceptors (Lipinski definition) is 4. The van der Waals surface area contributed by atoms with Gasteiger partial charge in [-0.2, -0.15) is 0 Å². The van der Waals surface area contributed by atoms with E-state index in [1.165, 1.54) is 0 Å². The summed E-state index contributed by atoms with van der Waals surface area (Å²) in [6.07, 6.45) is 0. The molecular formula is C4H2O3S. The Morgan fingerprint density at radius 1 is 1.50 bits per heavy atom. The fourth-order valence-corrected chi connectivity index (χ4v) is 0.739. The molecule has 0 aliphatic carbocycles. The molecule has 0 amide bonds. The maximum Gasteiger partial charge on any atom is 0.380 e. The number of thioether (sulfide) groups is 1. The van der Waals surface area contributed by atoms with Gasteiger partial charge in [-0.25, -0.2) is 9.59 Å². The lowest BCUT2D eigenvalue weighted by atomic mass is 10.7. The first kappa shape index (κ1) is 5.37. The first-order valence-electron chi connectivity index (χ1n) is 1.83. The summed E-state index contributed by atoms with van der Waals surface area (Å²) in [5.41, 5.74) is 0. The molecule has 1 fully saturated rings. The van der Waals surface area contributed by atoms with E-state index in [1.54, 1.807) is 0 Å². The van der Waals surface area contributed by atoms with Gasteiger partial charge in [0.25, 0.3) is 0 Å². The molecule has 1 rings (SSSR count). The van der Waals surface area contributed by atoms with Crippen molar-refractivity contribution in [3.05, 3.63) is 11.5 Å². The second-order valence-electron chi connectivity index (χ2n) is 1.16. The van der Waals surface area contributed by atoms with Gasteiger partial charge in [0.2, 0.25) is 0 Å². The van der Waals surface area contributed by atoms with Gasteiger partial charge < -0.3 is 4.74 Å². The van der Waals surface area contributed by atoms with Crippen molar-refractivity contribution in [1.29, 1.82) is 0 Å². The topological polar surface area (TPSA) is 43.4 Å². The Morgan fingerprint density at radius 3 is 2.25 bits per heavy atom. The molecule has 0 bridgehead atoms. The van der Waals surface area contributed by atoms with Gasteiger partial charge in [-0.3, -0.25) is 0 Å². The highest BCUT2D eigenvalue weighted by atomic mass is 32.2. The SMILES string of the molecule is C=C1SC(=O)OC1=O. The number of cyclic esters (lactones) is 2. The molecule has 0 saturated carbocycles. The summed E-state index contributed by atoms with van der Waals surface area (Å²) in [6.45, 7) is 3.25. The van der Waals surface area contributed by atoms with Crippen molar-refractivity contribution in [2.24, 2.45) is 0 Å². The van der Waals surface area contributed by atoms with Crippen molar-refractivity contribution in [3.63, 3.8) is 0 Å². The molecule has 0 aromatic carbocycles. The Balaban J connectivity index is 2.79. The number of hydrogen-bond donors (Lipinski definition) is 0. The molecule has 0 atom stereocenters. The maximum absolute atomic E-state index is 10.2. The van der Waals surface area contributed by atoms with Gasteiger partial charge in [0.1, 0.15) is 0 Å². The van der Waals surface area contributed by atoms with E-state index in [2.05, 4.69) is 11.3 Å². The fraction of sp³-hybridized carbons (Fsp3) is 0. The van der Waals surface area contributed by atoms with Crippen molar-refractivity contribution < 1.29 is 14.3 Å². The standard InChI is InChI=1S/C4H2O3S/c1-2-3(5)7-4(6)8-2/h1H2. The lowest BCUT2D eigenvalue weighted by Gasteiger charge is -1.78. The zero-order chi connectivity index (χ0) is 6.15. The van der Waals surface area contributed by atoms with Gasteiger partial charge in [0.05, 0.1) is 4.91 Å². The predicted molar refractivity (Wildman–Crippen MR) is 28.2 cm³/mol. The predicted octanol–water partition coefficient (Wildman–Crippen LogP) is 0.910. The molecule has 0 N–H and O–H groups in total. The summed E-state index contributed by atoms with van der Waals surface area (Å²) in [5.74, 6) is -0.625. The largest absolute Gasteiger partial charge is 0.380 e. The number of esters is 1. The van der Waals surface area contributed by atoms with Gasteiger partial charge >= 0.3 is 11.3 Å². The minimum atomic E-state index is -0.625. The summed E-state index contributed by atoms with van der Waals surface area (Å²) in [4.78, 5) is 20.5. The first-order chi connectivity index (χ1) is 3.70. The van der Waals surface area contributed by atoms with Crippen molar-refractivity contribution in [2.75, 3.05) is 0 Å². The van der Waals surface area contributed by atoms with E-state index in [-0.39, 0.29) is 4.91 Å². The third-order valence-corrected chi connectivity index (χ3v) is 1.27. The quantitative estimate of drug-likeness (QED) is 0.277. The Labute approximate surface area is 49.7 Å². The summed E-state index contributed by atoms with van der Waals surface area (Å²) >= 11 is 0.723. The van der Waals surface area contributed by atoms with Crippen molar-refractivity contribution in [2.45, 2.75) is 0 Å². The van der Waals surface area contributed by atoms with Crippen LogP contribution in [0.15, 0.2) is 11.5 Å². The molecule has 4 heteroatoms. The monoisotopic (exact) mass is 130 g/mol. The van der Waals surface area contributed by atoms with Crippen LogP contribution in [0.2, 0.25) is 0 Å². The van der Waals surface area contributed by atoms with Gasteiger partial charge in [0.15, 0.2) is 0 Å². The van der Waals surface area contributed by atoms with Crippen LogP contribution in [-0.4, -0.2) is 11.3 Å². The third-order valence-electron chi connectivity index (χ3n) is 0.610. The number of rotatable bonds is 0. The molecule has 0 radical (unpaired) electrons. The lowest BCUT2D eigenvalue weighted by molar-refractivity contribution is -0.130. The van der Waals surface area contributed by atoms with E-state index in [1.807, 2.05) is 0 Å². The van der Waals surface area contributed by atoms with E-state index < -0.39 is 11.3 Å². The lowest BCUT2D eigenvalue weighted by Crippen LogP contribution is -1.94. The second-order valence-corrected chi connectivity index (χ2v) is 2.20. The molecule has 8 heavy (non-hydrogen) atoms. The van der Waals surface area contributed by atoms with Crippen LogP contribution in [0, 0.1) is 0 Å². The average Bonchev–Trinajstić information content (AvgIpc) is 1.85. The van der Waals surface area contributed by atoms with E-state index in [0.29, 0.717) is 0 Å². The molecule has 1 saturated heterocycles. The summed E-state index contributed by atoms with van der Waals surface area (Å²) in [5, 5.41) is -0.583. The zero-order valence-electron chi connectivity index (χ0n) is 3.84. The van der Waals surface area contributed by atoms with E-state index >= 15 is 0 Å². The number of ether oxygens (including phenoxy) is 1. The minimum Gasteiger partial charge on any atom is -0.380 e. The third kappa shape index (κ3) is 0.742. The molecule has 42 valence electrons. The summed E-state index contributed by atoms with van der Waals surface area (Å²) in [6, 6.07) is 0. The molecular weight excluding hydrogens is 128 g/mol. The molecule has 0 aromatic heterocycles. The Morgan fingerprint density at radius 2 is 2.12 bits per heavy atom. The van der Waals surface area contributed by atoms with E-state index in [0.717, 1.165) is 11.8 Å². The Kier molecular flexibility index (Phi) is 1.09. The Bertz CT molecular complexity index is 154. The van der Waals surface area contributed by atoms with Crippen LogP contribution in [0.1, 0.15) is 0 Å². The highest BCUT2D eigenvalue weighted by Crippen LogP contribution is 2.24. The molecule has 1 aliphatic heterocycles. The van der Waals surface area contributed by atoms with Crippen molar-refractivity contribution in [3.8, 4) is 0 Å². The summed E-state index contributed by atoms with van der Waals surface area (Å²) in [7, 11) is 0. The van der Waals surface area contributed by atoms with Gasteiger partial charge in [-0.05, 0) is 0 Å². The second kappa shape index (κ2) is 1.63. The zero-order valence-corrected chi connectivity index (χ0v) is 4.66. The smallest absolute Gasteiger partial charge is 0.380 e. The van der Waals surface area contributed by atoms with Gasteiger partial charge in [-0.15, -0.1) is 0 Å².